The van der Waals surface area contributed by atoms with Crippen LogP contribution < -0.4 is 16.0 Å². The van der Waals surface area contributed by atoms with E-state index in [1.165, 1.54) is 0 Å². The van der Waals surface area contributed by atoms with Gasteiger partial charge in [0.05, 0.1) is 13.2 Å². The standard InChI is InChI=1S/C15H16F2N2O/c1-20-12-4-2-3-10(7-12)8-15(19-18)13-9-11(16)5-6-14(13)17/h2-7,9,15,19H,8,18H2,1H3. The average Bonchev–Trinajstić information content (AvgIpc) is 2.47. The van der Waals surface area contributed by atoms with E-state index in [-0.39, 0.29) is 5.56 Å². The van der Waals surface area contributed by atoms with E-state index in [9.17, 15) is 8.78 Å². The number of hydrogen-bond acceptors (Lipinski definition) is 3. The minimum Gasteiger partial charge on any atom is -0.497 e. The predicted octanol–water partition coefficient (Wildman–Crippen LogP) is 2.72. The molecule has 0 saturated heterocycles. The highest BCUT2D eigenvalue weighted by Gasteiger charge is 2.16. The lowest BCUT2D eigenvalue weighted by Gasteiger charge is -2.17. The normalized spacial score (nSPS) is 12.2. The van der Waals surface area contributed by atoms with E-state index >= 15 is 0 Å². The highest BCUT2D eigenvalue weighted by atomic mass is 19.1. The number of halogens is 2. The van der Waals surface area contributed by atoms with Crippen LogP contribution in [0.3, 0.4) is 0 Å². The first kappa shape index (κ1) is 14.4. The SMILES string of the molecule is COc1cccc(CC(NN)c2cc(F)ccc2F)c1. The molecule has 3 nitrogen and oxygen atoms in total. The molecule has 1 atom stereocenters. The number of ether oxygens (including phenoxy) is 1. The summed E-state index contributed by atoms with van der Waals surface area (Å²) in [5, 5.41) is 0. The molecule has 3 N–H and O–H groups in total. The summed E-state index contributed by atoms with van der Waals surface area (Å²) in [4.78, 5) is 0. The molecule has 0 aliphatic rings. The molecule has 0 saturated carbocycles. The Kier molecular flexibility index (Phi) is 4.65. The van der Waals surface area contributed by atoms with Crippen molar-refractivity contribution in [1.29, 1.82) is 0 Å². The number of hydrogen-bond donors (Lipinski definition) is 2. The van der Waals surface area contributed by atoms with Gasteiger partial charge < -0.3 is 4.74 Å². The fraction of sp³-hybridized carbons (Fsp3) is 0.200. The van der Waals surface area contributed by atoms with Crippen LogP contribution in [0, 0.1) is 11.6 Å². The van der Waals surface area contributed by atoms with Gasteiger partial charge in [-0.3, -0.25) is 11.3 Å². The maximum Gasteiger partial charge on any atom is 0.128 e. The van der Waals surface area contributed by atoms with Crippen LogP contribution in [0.25, 0.3) is 0 Å². The Hall–Kier alpha value is -1.98. The molecular formula is C15H16F2N2O. The number of nitrogens with one attached hydrogen (secondary N) is 1. The second-order valence-corrected chi connectivity index (χ2v) is 4.44. The van der Waals surface area contributed by atoms with Gasteiger partial charge in [0, 0.05) is 5.56 Å². The van der Waals surface area contributed by atoms with Crippen LogP contribution in [0.1, 0.15) is 17.2 Å². The van der Waals surface area contributed by atoms with Crippen molar-refractivity contribution in [1.82, 2.24) is 5.43 Å². The number of nitrogens with two attached hydrogens (primary N) is 1. The third-order valence-electron chi connectivity index (χ3n) is 3.11. The average molecular weight is 278 g/mol. The van der Waals surface area contributed by atoms with Crippen molar-refractivity contribution in [2.24, 2.45) is 5.84 Å². The van der Waals surface area contributed by atoms with Gasteiger partial charge in [0.15, 0.2) is 0 Å². The number of rotatable bonds is 5. The maximum atomic E-state index is 13.8. The van der Waals surface area contributed by atoms with E-state index in [1.54, 1.807) is 7.11 Å². The highest BCUT2D eigenvalue weighted by molar-refractivity contribution is 5.31. The molecule has 0 aromatic heterocycles. The largest absolute Gasteiger partial charge is 0.497 e. The Balaban J connectivity index is 2.26. The molecule has 2 aromatic rings. The fourth-order valence-electron chi connectivity index (χ4n) is 2.08. The summed E-state index contributed by atoms with van der Waals surface area (Å²) in [7, 11) is 1.57. The van der Waals surface area contributed by atoms with E-state index in [2.05, 4.69) is 5.43 Å². The van der Waals surface area contributed by atoms with E-state index < -0.39 is 17.7 Å². The maximum absolute atomic E-state index is 13.8. The Morgan fingerprint density at radius 2 is 2.00 bits per heavy atom. The minimum atomic E-state index is -0.516. The molecule has 0 bridgehead atoms. The van der Waals surface area contributed by atoms with Crippen LogP contribution in [0.15, 0.2) is 42.5 Å². The summed E-state index contributed by atoms with van der Waals surface area (Å²) in [6, 6.07) is 10.2. The Morgan fingerprint density at radius 3 is 2.70 bits per heavy atom. The van der Waals surface area contributed by atoms with Crippen LogP contribution in [-0.4, -0.2) is 7.11 Å². The molecule has 0 aliphatic carbocycles. The van der Waals surface area contributed by atoms with Gasteiger partial charge in [-0.15, -0.1) is 0 Å². The van der Waals surface area contributed by atoms with Gasteiger partial charge in [0.1, 0.15) is 17.4 Å². The van der Waals surface area contributed by atoms with Gasteiger partial charge in [-0.2, -0.15) is 0 Å². The molecule has 0 heterocycles. The molecule has 0 spiro atoms. The van der Waals surface area contributed by atoms with Crippen LogP contribution in [0.4, 0.5) is 8.78 Å². The second kappa shape index (κ2) is 6.45. The van der Waals surface area contributed by atoms with Crippen LogP contribution in [0.5, 0.6) is 5.75 Å². The van der Waals surface area contributed by atoms with Crippen molar-refractivity contribution in [3.63, 3.8) is 0 Å². The molecule has 2 rings (SSSR count). The molecule has 5 heteroatoms. The molecule has 20 heavy (non-hydrogen) atoms. The first-order valence-corrected chi connectivity index (χ1v) is 6.18. The summed E-state index contributed by atoms with van der Waals surface area (Å²) in [6.07, 6.45) is 0.425. The van der Waals surface area contributed by atoms with Gasteiger partial charge in [0.2, 0.25) is 0 Å². The van der Waals surface area contributed by atoms with Crippen molar-refractivity contribution in [3.05, 3.63) is 65.2 Å². The molecular weight excluding hydrogens is 262 g/mol. The summed E-state index contributed by atoms with van der Waals surface area (Å²) in [6.45, 7) is 0. The lowest BCUT2D eigenvalue weighted by atomic mass is 9.98. The Bertz CT molecular complexity index is 590. The van der Waals surface area contributed by atoms with E-state index in [0.29, 0.717) is 12.2 Å². The predicted molar refractivity (Wildman–Crippen MR) is 73.1 cm³/mol. The number of hydrazine groups is 1. The number of methoxy groups -OCH3 is 1. The van der Waals surface area contributed by atoms with Crippen molar-refractivity contribution < 1.29 is 13.5 Å². The topological polar surface area (TPSA) is 47.3 Å². The summed E-state index contributed by atoms with van der Waals surface area (Å²) in [5.41, 5.74) is 3.64. The monoisotopic (exact) mass is 278 g/mol. The van der Waals surface area contributed by atoms with Crippen molar-refractivity contribution in [2.75, 3.05) is 7.11 Å². The summed E-state index contributed by atoms with van der Waals surface area (Å²) >= 11 is 0. The first-order valence-electron chi connectivity index (χ1n) is 6.18. The Labute approximate surface area is 116 Å². The molecule has 1 unspecified atom stereocenters. The van der Waals surface area contributed by atoms with Crippen molar-refractivity contribution in [3.8, 4) is 5.75 Å². The zero-order chi connectivity index (χ0) is 14.5. The zero-order valence-electron chi connectivity index (χ0n) is 11.1. The quantitative estimate of drug-likeness (QED) is 0.653. The van der Waals surface area contributed by atoms with Crippen molar-refractivity contribution in [2.45, 2.75) is 12.5 Å². The minimum absolute atomic E-state index is 0.204. The van der Waals surface area contributed by atoms with Crippen LogP contribution >= 0.6 is 0 Å². The summed E-state index contributed by atoms with van der Waals surface area (Å²) in [5.74, 6) is 5.20. The number of benzene rings is 2. The molecule has 2 aromatic carbocycles. The Morgan fingerprint density at radius 1 is 1.20 bits per heavy atom. The van der Waals surface area contributed by atoms with E-state index in [1.807, 2.05) is 24.3 Å². The molecule has 0 fully saturated rings. The van der Waals surface area contributed by atoms with Gasteiger partial charge in [-0.1, -0.05) is 12.1 Å². The molecule has 106 valence electrons. The van der Waals surface area contributed by atoms with Crippen LogP contribution in [0.2, 0.25) is 0 Å². The highest BCUT2D eigenvalue weighted by Crippen LogP contribution is 2.23. The second-order valence-electron chi connectivity index (χ2n) is 4.44. The third-order valence-corrected chi connectivity index (χ3v) is 3.11. The first-order chi connectivity index (χ1) is 9.63. The molecule has 0 amide bonds. The smallest absolute Gasteiger partial charge is 0.128 e. The summed E-state index contributed by atoms with van der Waals surface area (Å²) < 4.78 is 32.1. The third kappa shape index (κ3) is 3.31. The molecule has 0 radical (unpaired) electrons. The van der Waals surface area contributed by atoms with Gasteiger partial charge in [0.25, 0.3) is 0 Å². The van der Waals surface area contributed by atoms with E-state index in [0.717, 1.165) is 23.8 Å². The lowest BCUT2D eigenvalue weighted by molar-refractivity contribution is 0.413. The fourth-order valence-corrected chi connectivity index (χ4v) is 2.08. The van der Waals surface area contributed by atoms with Gasteiger partial charge in [-0.25, -0.2) is 8.78 Å². The van der Waals surface area contributed by atoms with Crippen molar-refractivity contribution >= 4 is 0 Å². The van der Waals surface area contributed by atoms with Gasteiger partial charge in [-0.05, 0) is 42.3 Å². The molecule has 0 aliphatic heterocycles. The zero-order valence-corrected chi connectivity index (χ0v) is 11.1. The van der Waals surface area contributed by atoms with E-state index in [4.69, 9.17) is 10.6 Å². The van der Waals surface area contributed by atoms with Crippen LogP contribution in [-0.2, 0) is 6.42 Å². The lowest BCUT2D eigenvalue weighted by Crippen LogP contribution is -2.30. The van der Waals surface area contributed by atoms with Gasteiger partial charge >= 0.3 is 0 Å².